The number of nitriles is 1. The number of carbonyl (C=O) groups excluding carboxylic acids is 2. The van der Waals surface area contributed by atoms with Crippen LogP contribution >= 0.6 is 15.9 Å². The van der Waals surface area contributed by atoms with Crippen molar-refractivity contribution < 1.29 is 19.4 Å². The number of anilines is 3. The van der Waals surface area contributed by atoms with Crippen molar-refractivity contribution >= 4 is 45.0 Å². The van der Waals surface area contributed by atoms with Crippen LogP contribution in [0, 0.1) is 17.2 Å². The molecular formula is C26H23BrN4O4. The summed E-state index contributed by atoms with van der Waals surface area (Å²) in [4.78, 5) is 25.1. The second-order valence-corrected chi connectivity index (χ2v) is 8.55. The van der Waals surface area contributed by atoms with Crippen LogP contribution in [0.25, 0.3) is 0 Å². The highest BCUT2D eigenvalue weighted by Gasteiger charge is 2.25. The number of nitrogens with two attached hydrogens (primary N) is 1. The summed E-state index contributed by atoms with van der Waals surface area (Å²) in [5, 5.41) is 24.7. The van der Waals surface area contributed by atoms with Gasteiger partial charge in [-0.1, -0.05) is 41.1 Å². The van der Waals surface area contributed by atoms with Gasteiger partial charge in [0.05, 0.1) is 23.0 Å². The quantitative estimate of drug-likeness (QED) is 0.225. The number of nitrogens with one attached hydrogen (secondary N) is 2. The van der Waals surface area contributed by atoms with Crippen LogP contribution in [0.2, 0.25) is 0 Å². The average Bonchev–Trinajstić information content (AvgIpc) is 2.84. The van der Waals surface area contributed by atoms with E-state index in [2.05, 4.69) is 26.6 Å². The summed E-state index contributed by atoms with van der Waals surface area (Å²) in [6, 6.07) is 20.0. The molecule has 2 atom stereocenters. The first-order chi connectivity index (χ1) is 16.8. The monoisotopic (exact) mass is 534 g/mol. The van der Waals surface area contributed by atoms with Gasteiger partial charge < -0.3 is 20.9 Å². The van der Waals surface area contributed by atoms with Gasteiger partial charge in [-0.2, -0.15) is 5.26 Å². The molecule has 0 aliphatic heterocycles. The van der Waals surface area contributed by atoms with Crippen LogP contribution in [0.3, 0.4) is 0 Å². The van der Waals surface area contributed by atoms with E-state index < -0.39 is 24.0 Å². The molecule has 3 aromatic carbocycles. The molecule has 0 bridgehead atoms. The maximum atomic E-state index is 12.7. The van der Waals surface area contributed by atoms with E-state index in [-0.39, 0.29) is 5.75 Å². The van der Waals surface area contributed by atoms with Crippen LogP contribution in [0.4, 0.5) is 21.9 Å². The summed E-state index contributed by atoms with van der Waals surface area (Å²) in [7, 11) is 0. The number of phenolic OH excluding ortho intramolecular Hbond substituents is 1. The molecule has 5 N–H and O–H groups in total. The van der Waals surface area contributed by atoms with Gasteiger partial charge in [0.15, 0.2) is 0 Å². The molecule has 3 aromatic rings. The predicted molar refractivity (Wildman–Crippen MR) is 138 cm³/mol. The molecule has 35 heavy (non-hydrogen) atoms. The minimum absolute atomic E-state index is 0.0638. The van der Waals surface area contributed by atoms with Gasteiger partial charge in [-0.3, -0.25) is 10.1 Å². The number of carbonyl (C=O) groups is 2. The number of halogens is 1. The molecule has 3 rings (SSSR count). The third-order valence-corrected chi connectivity index (χ3v) is 5.53. The molecule has 0 heterocycles. The molecule has 2 amide bonds. The van der Waals surface area contributed by atoms with Crippen molar-refractivity contribution in [3.05, 3.63) is 94.5 Å². The lowest BCUT2D eigenvalue weighted by molar-refractivity contribution is -0.111. The van der Waals surface area contributed by atoms with Crippen LogP contribution in [0.15, 0.2) is 83.4 Å². The summed E-state index contributed by atoms with van der Waals surface area (Å²) in [6.45, 7) is 1.75. The van der Waals surface area contributed by atoms with Crippen molar-refractivity contribution in [1.82, 2.24) is 0 Å². The number of nitrogens with zero attached hydrogens (tertiary/aromatic N) is 1. The number of rotatable bonds is 7. The van der Waals surface area contributed by atoms with Gasteiger partial charge in [0.25, 0.3) is 0 Å². The summed E-state index contributed by atoms with van der Waals surface area (Å²) in [5.41, 5.74) is 8.03. The Bertz CT molecular complexity index is 1290. The molecule has 0 spiro atoms. The minimum Gasteiger partial charge on any atom is -0.508 e. The maximum Gasteiger partial charge on any atom is 0.412 e. The number of aromatic hydroxyl groups is 1. The van der Waals surface area contributed by atoms with Gasteiger partial charge in [-0.15, -0.1) is 0 Å². The first-order valence-corrected chi connectivity index (χ1v) is 11.4. The van der Waals surface area contributed by atoms with Gasteiger partial charge in [-0.05, 0) is 60.7 Å². The molecule has 0 aliphatic carbocycles. The van der Waals surface area contributed by atoms with Gasteiger partial charge in [0.1, 0.15) is 11.9 Å². The topological polar surface area (TPSA) is 137 Å². The number of para-hydroxylation sites is 2. The molecule has 0 aromatic heterocycles. The highest BCUT2D eigenvalue weighted by Crippen LogP contribution is 2.35. The van der Waals surface area contributed by atoms with Gasteiger partial charge in [0, 0.05) is 21.6 Å². The van der Waals surface area contributed by atoms with E-state index in [1.54, 1.807) is 73.7 Å². The van der Waals surface area contributed by atoms with E-state index >= 15 is 0 Å². The van der Waals surface area contributed by atoms with E-state index in [1.807, 2.05) is 6.07 Å². The van der Waals surface area contributed by atoms with Crippen molar-refractivity contribution in [3.8, 4) is 11.8 Å². The minimum atomic E-state index is -0.920. The number of phenols is 1. The normalized spacial score (nSPS) is 12.4. The lowest BCUT2D eigenvalue weighted by Crippen LogP contribution is -2.21. The second kappa shape index (κ2) is 11.7. The molecule has 0 radical (unpaired) electrons. The van der Waals surface area contributed by atoms with E-state index in [9.17, 15) is 14.7 Å². The van der Waals surface area contributed by atoms with E-state index in [1.165, 1.54) is 12.1 Å². The summed E-state index contributed by atoms with van der Waals surface area (Å²) >= 11 is 3.37. The summed E-state index contributed by atoms with van der Waals surface area (Å²) < 4.78 is 6.35. The Morgan fingerprint density at radius 1 is 1.11 bits per heavy atom. The lowest BCUT2D eigenvalue weighted by Gasteiger charge is -2.23. The highest BCUT2D eigenvalue weighted by molar-refractivity contribution is 9.10. The Morgan fingerprint density at radius 2 is 1.83 bits per heavy atom. The van der Waals surface area contributed by atoms with Crippen molar-refractivity contribution in [2.75, 3.05) is 16.4 Å². The third-order valence-electron chi connectivity index (χ3n) is 5.04. The molecule has 0 saturated heterocycles. The first-order valence-electron chi connectivity index (χ1n) is 10.6. The van der Waals surface area contributed by atoms with Crippen LogP contribution in [-0.4, -0.2) is 17.1 Å². The van der Waals surface area contributed by atoms with Gasteiger partial charge in [-0.25, -0.2) is 4.79 Å². The molecule has 0 unspecified atom stereocenters. The van der Waals surface area contributed by atoms with Crippen LogP contribution in [-0.2, 0) is 9.53 Å². The number of hydrogen-bond acceptors (Lipinski definition) is 6. The van der Waals surface area contributed by atoms with E-state index in [0.717, 1.165) is 0 Å². The Morgan fingerprint density at radius 3 is 2.51 bits per heavy atom. The van der Waals surface area contributed by atoms with Gasteiger partial charge in [0.2, 0.25) is 5.91 Å². The zero-order valence-corrected chi connectivity index (χ0v) is 20.3. The summed E-state index contributed by atoms with van der Waals surface area (Å²) in [6.07, 6.45) is 1.22. The highest BCUT2D eigenvalue weighted by atomic mass is 79.9. The van der Waals surface area contributed by atoms with Crippen LogP contribution < -0.4 is 16.4 Å². The Kier molecular flexibility index (Phi) is 8.48. The largest absolute Gasteiger partial charge is 0.508 e. The van der Waals surface area contributed by atoms with Crippen molar-refractivity contribution in [3.63, 3.8) is 0 Å². The predicted octanol–water partition coefficient (Wildman–Crippen LogP) is 5.73. The SMILES string of the molecule is C[C@H](/C=C/C(=O)Nc1ccccc1N)[C@H](OC(=O)Nc1ccc(C#N)cc1)c1cc(Br)ccc1O. The zero-order chi connectivity index (χ0) is 25.4. The van der Waals surface area contributed by atoms with Crippen molar-refractivity contribution in [2.24, 2.45) is 5.92 Å². The van der Waals surface area contributed by atoms with Gasteiger partial charge >= 0.3 is 6.09 Å². The summed E-state index contributed by atoms with van der Waals surface area (Å²) in [5.74, 6) is -0.971. The Labute approximate surface area is 211 Å². The molecule has 0 saturated carbocycles. The fourth-order valence-electron chi connectivity index (χ4n) is 3.22. The molecule has 8 nitrogen and oxygen atoms in total. The number of benzene rings is 3. The molecule has 178 valence electrons. The molecular weight excluding hydrogens is 512 g/mol. The van der Waals surface area contributed by atoms with Crippen molar-refractivity contribution in [2.45, 2.75) is 13.0 Å². The van der Waals surface area contributed by atoms with Crippen molar-refractivity contribution in [1.29, 1.82) is 5.26 Å². The Hall–Kier alpha value is -4.29. The Balaban J connectivity index is 1.78. The maximum absolute atomic E-state index is 12.7. The lowest BCUT2D eigenvalue weighted by atomic mass is 9.96. The molecule has 0 aliphatic rings. The van der Waals surface area contributed by atoms with E-state index in [0.29, 0.717) is 32.7 Å². The second-order valence-electron chi connectivity index (χ2n) is 7.64. The first kappa shape index (κ1) is 25.3. The third kappa shape index (κ3) is 7.09. The fraction of sp³-hybridized carbons (Fsp3) is 0.115. The molecule has 9 heteroatoms. The zero-order valence-electron chi connectivity index (χ0n) is 18.7. The molecule has 0 fully saturated rings. The van der Waals surface area contributed by atoms with Crippen LogP contribution in [0.5, 0.6) is 5.75 Å². The fourth-order valence-corrected chi connectivity index (χ4v) is 3.60. The number of nitrogen functional groups attached to an aromatic ring is 1. The van der Waals surface area contributed by atoms with Crippen LogP contribution in [0.1, 0.15) is 24.2 Å². The number of amides is 2. The van der Waals surface area contributed by atoms with E-state index in [4.69, 9.17) is 15.7 Å². The number of hydrogen-bond donors (Lipinski definition) is 4. The smallest absolute Gasteiger partial charge is 0.412 e. The average molecular weight is 535 g/mol. The number of ether oxygens (including phenoxy) is 1. The standard InChI is InChI=1S/C26H23BrN4O4/c1-16(6-13-24(33)31-22-5-3-2-4-21(22)29)25(20-14-18(27)9-12-23(20)32)35-26(34)30-19-10-7-17(15-28)8-11-19/h2-14,16,25,32H,29H2,1H3,(H,30,34)(H,31,33)/b13-6+/t16-,25+/m1/s1.